The number of morpholine rings is 1. The fraction of sp³-hybridized carbons (Fsp3) is 0.474. The molecule has 2 heterocycles. The van der Waals surface area contributed by atoms with Gasteiger partial charge in [0.1, 0.15) is 0 Å². The Labute approximate surface area is 159 Å². The van der Waals surface area contributed by atoms with Crippen LogP contribution in [0.3, 0.4) is 0 Å². The van der Waals surface area contributed by atoms with Crippen LogP contribution in [0.4, 0.5) is 0 Å². The normalized spacial score (nSPS) is 15.8. The lowest BCUT2D eigenvalue weighted by Gasteiger charge is -2.40. The molecule has 3 rings (SSSR count). The Kier molecular flexibility index (Phi) is 5.65. The van der Waals surface area contributed by atoms with Gasteiger partial charge in [0.2, 0.25) is 0 Å². The molecule has 0 aliphatic carbocycles. The number of hydrogen-bond donors (Lipinski definition) is 1. The third kappa shape index (κ3) is 4.09. The zero-order valence-corrected chi connectivity index (χ0v) is 16.2. The molecule has 1 N–H and O–H groups in total. The second kappa shape index (κ2) is 7.78. The van der Waals surface area contributed by atoms with Crippen molar-refractivity contribution in [1.29, 1.82) is 0 Å². The molecule has 0 unspecified atom stereocenters. The quantitative estimate of drug-likeness (QED) is 0.871. The lowest BCUT2D eigenvalue weighted by molar-refractivity contribution is -0.00923. The van der Waals surface area contributed by atoms with Gasteiger partial charge in [-0.25, -0.2) is 4.68 Å². The number of hydrogen-bond acceptors (Lipinski definition) is 4. The molecule has 0 atom stereocenters. The van der Waals surface area contributed by atoms with E-state index in [9.17, 15) is 4.79 Å². The van der Waals surface area contributed by atoms with Crippen LogP contribution in [-0.4, -0.2) is 59.0 Å². The Hall–Kier alpha value is -1.89. The van der Waals surface area contributed by atoms with E-state index >= 15 is 0 Å². The number of rotatable bonds is 5. The number of benzene rings is 1. The molecule has 0 radical (unpaired) electrons. The molecule has 1 aromatic heterocycles. The minimum atomic E-state index is -0.129. The van der Waals surface area contributed by atoms with Gasteiger partial charge in [-0.1, -0.05) is 17.7 Å². The first-order valence-electron chi connectivity index (χ1n) is 8.80. The molecular weight excluding hydrogens is 352 g/mol. The van der Waals surface area contributed by atoms with E-state index in [1.807, 2.05) is 31.2 Å². The van der Waals surface area contributed by atoms with Crippen LogP contribution in [0, 0.1) is 6.92 Å². The molecule has 0 spiro atoms. The first-order chi connectivity index (χ1) is 12.4. The maximum atomic E-state index is 12.7. The lowest BCUT2D eigenvalue weighted by Crippen LogP contribution is -2.55. The molecule has 140 valence electrons. The van der Waals surface area contributed by atoms with E-state index in [2.05, 4.69) is 29.2 Å². The standard InChI is InChI=1S/C19H25ClN4O2/c1-14-17(12-22-24(14)16-6-4-5-15(20)11-16)18(25)21-13-19(2,3)23-7-9-26-10-8-23/h4-6,11-12H,7-10,13H2,1-3H3,(H,21,25). The topological polar surface area (TPSA) is 59.4 Å². The summed E-state index contributed by atoms with van der Waals surface area (Å²) < 4.78 is 7.14. The highest BCUT2D eigenvalue weighted by atomic mass is 35.5. The minimum Gasteiger partial charge on any atom is -0.379 e. The number of ether oxygens (including phenoxy) is 1. The number of nitrogens with one attached hydrogen (secondary N) is 1. The fourth-order valence-corrected chi connectivity index (χ4v) is 3.36. The van der Waals surface area contributed by atoms with Crippen LogP contribution in [0.15, 0.2) is 30.5 Å². The van der Waals surface area contributed by atoms with Crippen LogP contribution in [0.1, 0.15) is 29.9 Å². The number of nitrogens with zero attached hydrogens (tertiary/aromatic N) is 3. The Morgan fingerprint density at radius 3 is 2.77 bits per heavy atom. The van der Waals surface area contributed by atoms with Crippen LogP contribution in [0.2, 0.25) is 5.02 Å². The summed E-state index contributed by atoms with van der Waals surface area (Å²) in [7, 11) is 0. The number of halogens is 1. The van der Waals surface area contributed by atoms with E-state index in [1.54, 1.807) is 10.9 Å². The number of carbonyl (C=O) groups is 1. The number of carbonyl (C=O) groups excluding carboxylic acids is 1. The second-order valence-corrected chi connectivity index (χ2v) is 7.57. The Morgan fingerprint density at radius 1 is 1.35 bits per heavy atom. The van der Waals surface area contributed by atoms with Crippen molar-refractivity contribution in [1.82, 2.24) is 20.0 Å². The summed E-state index contributed by atoms with van der Waals surface area (Å²) in [6.45, 7) is 9.97. The van der Waals surface area contributed by atoms with Crippen LogP contribution < -0.4 is 5.32 Å². The predicted molar refractivity (Wildman–Crippen MR) is 102 cm³/mol. The molecule has 1 aromatic carbocycles. The van der Waals surface area contributed by atoms with Crippen molar-refractivity contribution in [3.63, 3.8) is 0 Å². The highest BCUT2D eigenvalue weighted by Crippen LogP contribution is 2.19. The third-order valence-electron chi connectivity index (χ3n) is 4.86. The van der Waals surface area contributed by atoms with Crippen molar-refractivity contribution >= 4 is 17.5 Å². The SMILES string of the molecule is Cc1c(C(=O)NCC(C)(C)N2CCOCC2)cnn1-c1cccc(Cl)c1. The van der Waals surface area contributed by atoms with Crippen molar-refractivity contribution in [2.75, 3.05) is 32.8 Å². The van der Waals surface area contributed by atoms with Crippen molar-refractivity contribution < 1.29 is 9.53 Å². The van der Waals surface area contributed by atoms with Crippen molar-refractivity contribution in [3.8, 4) is 5.69 Å². The Morgan fingerprint density at radius 2 is 2.08 bits per heavy atom. The van der Waals surface area contributed by atoms with Crippen LogP contribution in [0.25, 0.3) is 5.69 Å². The Balaban J connectivity index is 1.69. The molecule has 7 heteroatoms. The van der Waals surface area contributed by atoms with E-state index in [-0.39, 0.29) is 11.4 Å². The smallest absolute Gasteiger partial charge is 0.254 e. The largest absolute Gasteiger partial charge is 0.379 e. The van der Waals surface area contributed by atoms with Gasteiger partial charge in [-0.2, -0.15) is 5.10 Å². The summed E-state index contributed by atoms with van der Waals surface area (Å²) in [5.41, 5.74) is 2.07. The highest BCUT2D eigenvalue weighted by molar-refractivity contribution is 6.30. The molecule has 0 bridgehead atoms. The van der Waals surface area contributed by atoms with Crippen molar-refractivity contribution in [3.05, 3.63) is 46.7 Å². The Bertz CT molecular complexity index is 782. The summed E-state index contributed by atoms with van der Waals surface area (Å²) in [5.74, 6) is -0.114. The predicted octanol–water partition coefficient (Wildman–Crippen LogP) is 2.67. The second-order valence-electron chi connectivity index (χ2n) is 7.13. The summed E-state index contributed by atoms with van der Waals surface area (Å²) in [4.78, 5) is 15.0. The van der Waals surface area contributed by atoms with Crippen molar-refractivity contribution in [2.45, 2.75) is 26.3 Å². The molecular formula is C19H25ClN4O2. The first kappa shape index (κ1) is 18.9. The van der Waals surface area contributed by atoms with Gasteiger partial charge in [0, 0.05) is 30.2 Å². The average molecular weight is 377 g/mol. The maximum Gasteiger partial charge on any atom is 0.254 e. The zero-order chi connectivity index (χ0) is 18.7. The third-order valence-corrected chi connectivity index (χ3v) is 5.09. The van der Waals surface area contributed by atoms with Gasteiger partial charge >= 0.3 is 0 Å². The molecule has 26 heavy (non-hydrogen) atoms. The summed E-state index contributed by atoms with van der Waals surface area (Å²) >= 11 is 6.06. The number of amides is 1. The van der Waals surface area contributed by atoms with E-state index in [4.69, 9.17) is 16.3 Å². The zero-order valence-electron chi connectivity index (χ0n) is 15.5. The molecule has 6 nitrogen and oxygen atoms in total. The van der Waals surface area contributed by atoms with E-state index in [0.29, 0.717) is 17.1 Å². The van der Waals surface area contributed by atoms with Gasteiger partial charge in [-0.3, -0.25) is 9.69 Å². The molecule has 1 fully saturated rings. The summed E-state index contributed by atoms with van der Waals surface area (Å²) in [6.07, 6.45) is 1.60. The monoisotopic (exact) mass is 376 g/mol. The van der Waals surface area contributed by atoms with Gasteiger partial charge in [0.05, 0.1) is 36.4 Å². The summed E-state index contributed by atoms with van der Waals surface area (Å²) in [5, 5.41) is 8.04. The van der Waals surface area contributed by atoms with E-state index in [1.165, 1.54) is 0 Å². The molecule has 1 aliphatic heterocycles. The fourth-order valence-electron chi connectivity index (χ4n) is 3.17. The van der Waals surface area contributed by atoms with Crippen LogP contribution in [-0.2, 0) is 4.74 Å². The first-order valence-corrected chi connectivity index (χ1v) is 9.18. The van der Waals surface area contributed by atoms with Crippen molar-refractivity contribution in [2.24, 2.45) is 0 Å². The van der Waals surface area contributed by atoms with Gasteiger partial charge in [0.25, 0.3) is 5.91 Å². The number of aromatic nitrogens is 2. The van der Waals surface area contributed by atoms with Crippen LogP contribution in [0.5, 0.6) is 0 Å². The maximum absolute atomic E-state index is 12.7. The summed E-state index contributed by atoms with van der Waals surface area (Å²) in [6, 6.07) is 7.41. The highest BCUT2D eigenvalue weighted by Gasteiger charge is 2.29. The lowest BCUT2D eigenvalue weighted by atomic mass is 10.0. The molecule has 0 saturated carbocycles. The minimum absolute atomic E-state index is 0.114. The van der Waals surface area contributed by atoms with E-state index in [0.717, 1.165) is 37.7 Å². The molecule has 2 aromatic rings. The van der Waals surface area contributed by atoms with E-state index < -0.39 is 0 Å². The van der Waals surface area contributed by atoms with Gasteiger partial charge < -0.3 is 10.1 Å². The van der Waals surface area contributed by atoms with Gasteiger partial charge in [-0.15, -0.1) is 0 Å². The average Bonchev–Trinajstić information content (AvgIpc) is 3.02. The molecule has 1 amide bonds. The van der Waals surface area contributed by atoms with Crippen LogP contribution >= 0.6 is 11.6 Å². The van der Waals surface area contributed by atoms with Gasteiger partial charge in [0.15, 0.2) is 0 Å². The molecule has 1 aliphatic rings. The van der Waals surface area contributed by atoms with Gasteiger partial charge in [-0.05, 0) is 39.0 Å². The molecule has 1 saturated heterocycles.